The van der Waals surface area contributed by atoms with Crippen molar-refractivity contribution in [1.29, 1.82) is 0 Å². The molecule has 18 heavy (non-hydrogen) atoms. The minimum absolute atomic E-state index is 0.650. The standard InChI is InChI=1S/C16H30N2/c1-12(2)8-14-10-17-7-6-16(14)9-13(3)18(11-16)15-4-5-15/h12-15,17H,4-11H2,1-3H3. The Labute approximate surface area is 113 Å². The molecule has 0 amide bonds. The Morgan fingerprint density at radius 3 is 2.78 bits per heavy atom. The van der Waals surface area contributed by atoms with Gasteiger partial charge in [-0.1, -0.05) is 13.8 Å². The minimum atomic E-state index is 0.650. The first-order chi connectivity index (χ1) is 8.61. The minimum Gasteiger partial charge on any atom is -0.316 e. The summed E-state index contributed by atoms with van der Waals surface area (Å²) >= 11 is 0. The summed E-state index contributed by atoms with van der Waals surface area (Å²) in [5.74, 6) is 1.76. The first-order valence-electron chi connectivity index (χ1n) is 8.07. The average molecular weight is 250 g/mol. The second-order valence-corrected chi connectivity index (χ2v) is 7.60. The molecule has 104 valence electrons. The lowest BCUT2D eigenvalue weighted by molar-refractivity contribution is 0.0944. The number of hydrogen-bond acceptors (Lipinski definition) is 2. The van der Waals surface area contributed by atoms with Crippen molar-refractivity contribution >= 4 is 0 Å². The van der Waals surface area contributed by atoms with Crippen LogP contribution in [0.15, 0.2) is 0 Å². The maximum atomic E-state index is 3.65. The summed E-state index contributed by atoms with van der Waals surface area (Å²) in [4.78, 5) is 2.85. The molecule has 3 aliphatic rings. The van der Waals surface area contributed by atoms with Crippen LogP contribution < -0.4 is 5.32 Å². The summed E-state index contributed by atoms with van der Waals surface area (Å²) in [6, 6.07) is 1.79. The van der Waals surface area contributed by atoms with Gasteiger partial charge < -0.3 is 5.32 Å². The molecule has 2 aliphatic heterocycles. The van der Waals surface area contributed by atoms with E-state index in [2.05, 4.69) is 31.0 Å². The van der Waals surface area contributed by atoms with E-state index in [1.165, 1.54) is 51.7 Å². The van der Waals surface area contributed by atoms with Crippen molar-refractivity contribution in [1.82, 2.24) is 10.2 Å². The lowest BCUT2D eigenvalue weighted by atomic mass is 9.67. The third kappa shape index (κ3) is 2.34. The average Bonchev–Trinajstić information content (AvgIpc) is 3.08. The van der Waals surface area contributed by atoms with Gasteiger partial charge in [0, 0.05) is 18.6 Å². The zero-order valence-electron chi connectivity index (χ0n) is 12.4. The molecule has 3 unspecified atom stereocenters. The monoisotopic (exact) mass is 250 g/mol. The van der Waals surface area contributed by atoms with Gasteiger partial charge in [-0.15, -0.1) is 0 Å². The zero-order chi connectivity index (χ0) is 12.8. The van der Waals surface area contributed by atoms with E-state index in [1.54, 1.807) is 0 Å². The van der Waals surface area contributed by atoms with Crippen molar-refractivity contribution in [3.8, 4) is 0 Å². The van der Waals surface area contributed by atoms with Gasteiger partial charge in [0.05, 0.1) is 0 Å². The molecule has 0 bridgehead atoms. The maximum absolute atomic E-state index is 3.65. The van der Waals surface area contributed by atoms with Crippen molar-refractivity contribution in [3.05, 3.63) is 0 Å². The van der Waals surface area contributed by atoms with Crippen LogP contribution in [0.2, 0.25) is 0 Å². The van der Waals surface area contributed by atoms with E-state index in [4.69, 9.17) is 0 Å². The van der Waals surface area contributed by atoms with Gasteiger partial charge in [-0.05, 0) is 69.4 Å². The van der Waals surface area contributed by atoms with Gasteiger partial charge in [-0.2, -0.15) is 0 Å². The molecule has 0 aromatic heterocycles. The van der Waals surface area contributed by atoms with Gasteiger partial charge in [-0.3, -0.25) is 4.90 Å². The van der Waals surface area contributed by atoms with Crippen molar-refractivity contribution in [2.24, 2.45) is 17.3 Å². The number of hydrogen-bond donors (Lipinski definition) is 1. The van der Waals surface area contributed by atoms with Crippen molar-refractivity contribution in [3.63, 3.8) is 0 Å². The first-order valence-corrected chi connectivity index (χ1v) is 8.07. The zero-order valence-corrected chi connectivity index (χ0v) is 12.4. The summed E-state index contributed by atoms with van der Waals surface area (Å²) < 4.78 is 0. The molecular formula is C16H30N2. The SMILES string of the molecule is CC(C)CC1CNCCC12CC(C)N(C1CC1)C2. The van der Waals surface area contributed by atoms with Gasteiger partial charge in [0.1, 0.15) is 0 Å². The van der Waals surface area contributed by atoms with Crippen LogP contribution >= 0.6 is 0 Å². The fourth-order valence-electron chi connectivity index (χ4n) is 4.60. The van der Waals surface area contributed by atoms with E-state index in [0.717, 1.165) is 23.9 Å². The highest BCUT2D eigenvalue weighted by atomic mass is 15.2. The summed E-state index contributed by atoms with van der Waals surface area (Å²) in [6.07, 6.45) is 7.22. The summed E-state index contributed by atoms with van der Waals surface area (Å²) in [5, 5.41) is 3.65. The van der Waals surface area contributed by atoms with Gasteiger partial charge >= 0.3 is 0 Å². The molecule has 0 aromatic rings. The van der Waals surface area contributed by atoms with E-state index >= 15 is 0 Å². The molecule has 1 aliphatic carbocycles. The van der Waals surface area contributed by atoms with Crippen molar-refractivity contribution in [2.75, 3.05) is 19.6 Å². The Balaban J connectivity index is 1.74. The third-order valence-electron chi connectivity index (χ3n) is 5.59. The number of likely N-dealkylation sites (tertiary alicyclic amines) is 1. The van der Waals surface area contributed by atoms with E-state index in [1.807, 2.05) is 0 Å². The molecule has 2 nitrogen and oxygen atoms in total. The predicted octanol–water partition coefficient (Wildman–Crippen LogP) is 2.89. The highest BCUT2D eigenvalue weighted by Crippen LogP contribution is 2.50. The van der Waals surface area contributed by atoms with Gasteiger partial charge in [-0.25, -0.2) is 0 Å². The fraction of sp³-hybridized carbons (Fsp3) is 1.00. The van der Waals surface area contributed by atoms with Crippen LogP contribution in [0.3, 0.4) is 0 Å². The fourth-order valence-corrected chi connectivity index (χ4v) is 4.60. The lowest BCUT2D eigenvalue weighted by Crippen LogP contribution is -2.47. The largest absolute Gasteiger partial charge is 0.316 e. The molecule has 1 N–H and O–H groups in total. The second-order valence-electron chi connectivity index (χ2n) is 7.60. The van der Waals surface area contributed by atoms with Crippen LogP contribution in [-0.4, -0.2) is 36.6 Å². The maximum Gasteiger partial charge on any atom is 0.00994 e. The molecule has 2 saturated heterocycles. The van der Waals surface area contributed by atoms with Crippen LogP contribution in [0.25, 0.3) is 0 Å². The Morgan fingerprint density at radius 2 is 2.11 bits per heavy atom. The van der Waals surface area contributed by atoms with E-state index < -0.39 is 0 Å². The Kier molecular flexibility index (Phi) is 3.44. The molecule has 3 rings (SSSR count). The van der Waals surface area contributed by atoms with Gasteiger partial charge in [0.25, 0.3) is 0 Å². The summed E-state index contributed by atoms with van der Waals surface area (Å²) in [7, 11) is 0. The third-order valence-corrected chi connectivity index (χ3v) is 5.59. The molecule has 0 aromatic carbocycles. The smallest absolute Gasteiger partial charge is 0.00994 e. The van der Waals surface area contributed by atoms with Crippen molar-refractivity contribution < 1.29 is 0 Å². The van der Waals surface area contributed by atoms with E-state index in [0.29, 0.717) is 5.41 Å². The Morgan fingerprint density at radius 1 is 1.33 bits per heavy atom. The summed E-state index contributed by atoms with van der Waals surface area (Å²) in [6.45, 7) is 11.2. The molecule has 3 fully saturated rings. The van der Waals surface area contributed by atoms with Gasteiger partial charge in [0.2, 0.25) is 0 Å². The molecule has 1 spiro atoms. The van der Waals surface area contributed by atoms with Gasteiger partial charge in [0.15, 0.2) is 0 Å². The topological polar surface area (TPSA) is 15.3 Å². The molecule has 2 heteroatoms. The Hall–Kier alpha value is -0.0800. The van der Waals surface area contributed by atoms with Crippen LogP contribution in [0.4, 0.5) is 0 Å². The molecule has 1 saturated carbocycles. The first kappa shape index (κ1) is 12.9. The normalized spacial score (nSPS) is 42.0. The molecule has 2 heterocycles. The molecule has 3 atom stereocenters. The Bertz CT molecular complexity index is 297. The second kappa shape index (κ2) is 4.79. The summed E-state index contributed by atoms with van der Waals surface area (Å²) in [5.41, 5.74) is 0.650. The van der Waals surface area contributed by atoms with E-state index in [-0.39, 0.29) is 0 Å². The van der Waals surface area contributed by atoms with Crippen LogP contribution in [0.1, 0.15) is 52.9 Å². The highest BCUT2D eigenvalue weighted by molar-refractivity contribution is 5.04. The van der Waals surface area contributed by atoms with E-state index in [9.17, 15) is 0 Å². The van der Waals surface area contributed by atoms with Crippen molar-refractivity contribution in [2.45, 2.75) is 65.0 Å². The lowest BCUT2D eigenvalue weighted by Gasteiger charge is -2.43. The highest BCUT2D eigenvalue weighted by Gasteiger charge is 2.51. The quantitative estimate of drug-likeness (QED) is 0.828. The number of piperidine rings is 1. The van der Waals surface area contributed by atoms with Crippen LogP contribution in [0, 0.1) is 17.3 Å². The number of nitrogens with zero attached hydrogens (tertiary/aromatic N) is 1. The molecule has 0 radical (unpaired) electrons. The predicted molar refractivity (Wildman–Crippen MR) is 76.7 cm³/mol. The number of nitrogens with one attached hydrogen (secondary N) is 1. The van der Waals surface area contributed by atoms with Crippen LogP contribution in [0.5, 0.6) is 0 Å². The molecular weight excluding hydrogens is 220 g/mol. The van der Waals surface area contributed by atoms with Crippen LogP contribution in [-0.2, 0) is 0 Å². The number of rotatable bonds is 3.